The minimum atomic E-state index is -0.694. The molecule has 0 saturated heterocycles. The van der Waals surface area contributed by atoms with Gasteiger partial charge >= 0.3 is 0 Å². The number of H-pyrrole nitrogens is 1. The van der Waals surface area contributed by atoms with Crippen molar-refractivity contribution >= 4 is 29.0 Å². The minimum absolute atomic E-state index is 0.0291. The van der Waals surface area contributed by atoms with Gasteiger partial charge in [-0.1, -0.05) is 36.4 Å². The molecule has 1 aromatic heterocycles. The van der Waals surface area contributed by atoms with E-state index in [4.69, 9.17) is 12.2 Å². The predicted octanol–water partition coefficient (Wildman–Crippen LogP) is 3.81. The van der Waals surface area contributed by atoms with Gasteiger partial charge in [-0.15, -0.1) is 0 Å². The molecule has 0 fully saturated rings. The fraction of sp³-hybridized carbons (Fsp3) is 0.286. The standard InChI is InChI=1S/C21H21N3O2S/c1-13(24-20(26)16-10-4-5-11-18(16)23-21(24)27)19(25)22-17-12-6-8-14-7-2-3-9-15(14)17/h2-5,7,9-11,13,17H,6,8,12H2,1H3,(H,22,25)(H,23,27)/t13-,17-/m1/s1. The Labute approximate surface area is 162 Å². The number of benzene rings is 2. The number of carbonyl (C=O) groups excluding carboxylic acids is 1. The van der Waals surface area contributed by atoms with Crippen molar-refractivity contribution in [3.05, 3.63) is 74.8 Å². The summed E-state index contributed by atoms with van der Waals surface area (Å²) in [5.74, 6) is -0.200. The van der Waals surface area contributed by atoms with E-state index in [1.165, 1.54) is 15.7 Å². The SMILES string of the molecule is C[C@H](C(=O)N[C@@H]1CCCc2ccccc21)n1c(=S)[nH]c2ccccc2c1=O. The predicted molar refractivity (Wildman–Crippen MR) is 108 cm³/mol. The number of aromatic nitrogens is 2. The molecule has 2 atom stereocenters. The Morgan fingerprint density at radius 3 is 2.81 bits per heavy atom. The van der Waals surface area contributed by atoms with Crippen molar-refractivity contribution in [3.63, 3.8) is 0 Å². The topological polar surface area (TPSA) is 66.9 Å². The van der Waals surface area contributed by atoms with Crippen molar-refractivity contribution in [2.24, 2.45) is 0 Å². The van der Waals surface area contributed by atoms with E-state index in [0.717, 1.165) is 19.3 Å². The van der Waals surface area contributed by atoms with Gasteiger partial charge in [-0.2, -0.15) is 0 Å². The first kappa shape index (κ1) is 17.7. The number of aryl methyl sites for hydroxylation is 1. The van der Waals surface area contributed by atoms with Crippen molar-refractivity contribution in [1.82, 2.24) is 14.9 Å². The zero-order valence-electron chi connectivity index (χ0n) is 15.1. The first-order valence-electron chi connectivity index (χ1n) is 9.18. The summed E-state index contributed by atoms with van der Waals surface area (Å²) in [6.07, 6.45) is 2.97. The van der Waals surface area contributed by atoms with Gasteiger partial charge < -0.3 is 10.3 Å². The summed E-state index contributed by atoms with van der Waals surface area (Å²) in [4.78, 5) is 28.9. The van der Waals surface area contributed by atoms with Gasteiger partial charge in [0.05, 0.1) is 16.9 Å². The van der Waals surface area contributed by atoms with E-state index in [1.807, 2.05) is 18.2 Å². The van der Waals surface area contributed by atoms with Crippen LogP contribution in [0.5, 0.6) is 0 Å². The van der Waals surface area contributed by atoms with E-state index in [-0.39, 0.29) is 22.3 Å². The van der Waals surface area contributed by atoms with E-state index in [9.17, 15) is 9.59 Å². The van der Waals surface area contributed by atoms with Crippen LogP contribution in [-0.2, 0) is 11.2 Å². The van der Waals surface area contributed by atoms with Gasteiger partial charge in [-0.25, -0.2) is 0 Å². The van der Waals surface area contributed by atoms with Crippen LogP contribution in [0.15, 0.2) is 53.3 Å². The zero-order chi connectivity index (χ0) is 19.0. The highest BCUT2D eigenvalue weighted by Crippen LogP contribution is 2.29. The van der Waals surface area contributed by atoms with Gasteiger partial charge in [0.1, 0.15) is 6.04 Å². The Hall–Kier alpha value is -2.73. The summed E-state index contributed by atoms with van der Waals surface area (Å²) in [5.41, 5.74) is 2.88. The molecule has 4 rings (SSSR count). The first-order valence-corrected chi connectivity index (χ1v) is 9.59. The van der Waals surface area contributed by atoms with Gasteiger partial charge in [0.15, 0.2) is 4.77 Å². The summed E-state index contributed by atoms with van der Waals surface area (Å²) < 4.78 is 1.62. The molecule has 3 aromatic rings. The highest BCUT2D eigenvalue weighted by molar-refractivity contribution is 7.71. The third-order valence-corrected chi connectivity index (χ3v) is 5.59. The van der Waals surface area contributed by atoms with Crippen LogP contribution in [0.2, 0.25) is 0 Å². The summed E-state index contributed by atoms with van der Waals surface area (Å²) in [6, 6.07) is 14.7. The van der Waals surface area contributed by atoms with Crippen molar-refractivity contribution in [2.75, 3.05) is 0 Å². The van der Waals surface area contributed by atoms with Crippen LogP contribution < -0.4 is 10.9 Å². The highest BCUT2D eigenvalue weighted by Gasteiger charge is 2.25. The molecule has 2 N–H and O–H groups in total. The van der Waals surface area contributed by atoms with Crippen LogP contribution in [0.1, 0.15) is 43.0 Å². The molecule has 0 radical (unpaired) electrons. The molecule has 1 aliphatic rings. The van der Waals surface area contributed by atoms with Crippen LogP contribution in [-0.4, -0.2) is 15.5 Å². The second-order valence-electron chi connectivity index (χ2n) is 6.98. The van der Waals surface area contributed by atoms with Crippen LogP contribution in [0.3, 0.4) is 0 Å². The van der Waals surface area contributed by atoms with Gasteiger partial charge in [0.2, 0.25) is 5.91 Å². The maximum absolute atomic E-state index is 12.9. The Bertz CT molecular complexity index is 1130. The lowest BCUT2D eigenvalue weighted by Crippen LogP contribution is -2.39. The van der Waals surface area contributed by atoms with Gasteiger partial charge in [-0.05, 0) is 61.7 Å². The number of nitrogens with zero attached hydrogens (tertiary/aromatic N) is 1. The van der Waals surface area contributed by atoms with Crippen LogP contribution in [0.4, 0.5) is 0 Å². The zero-order valence-corrected chi connectivity index (χ0v) is 15.9. The Kier molecular flexibility index (Phi) is 4.66. The van der Waals surface area contributed by atoms with E-state index in [1.54, 1.807) is 25.1 Å². The Balaban J connectivity index is 1.65. The summed E-state index contributed by atoms with van der Waals surface area (Å²) in [5, 5.41) is 3.64. The second-order valence-corrected chi connectivity index (χ2v) is 7.37. The number of rotatable bonds is 3. The molecule has 5 nitrogen and oxygen atoms in total. The fourth-order valence-corrected chi connectivity index (χ4v) is 4.19. The van der Waals surface area contributed by atoms with E-state index < -0.39 is 6.04 Å². The van der Waals surface area contributed by atoms with Crippen molar-refractivity contribution in [2.45, 2.75) is 38.3 Å². The molecule has 27 heavy (non-hydrogen) atoms. The monoisotopic (exact) mass is 379 g/mol. The van der Waals surface area contributed by atoms with Crippen LogP contribution in [0, 0.1) is 4.77 Å². The summed E-state index contributed by atoms with van der Waals surface area (Å²) in [6.45, 7) is 1.71. The van der Waals surface area contributed by atoms with Crippen molar-refractivity contribution < 1.29 is 4.79 Å². The third-order valence-electron chi connectivity index (χ3n) is 5.29. The lowest BCUT2D eigenvalue weighted by Gasteiger charge is -2.28. The number of aromatic amines is 1. The Morgan fingerprint density at radius 2 is 1.96 bits per heavy atom. The normalized spacial score (nSPS) is 17.3. The molecule has 138 valence electrons. The molecular formula is C21H21N3O2S. The minimum Gasteiger partial charge on any atom is -0.347 e. The van der Waals surface area contributed by atoms with Gasteiger partial charge in [0, 0.05) is 0 Å². The summed E-state index contributed by atoms with van der Waals surface area (Å²) >= 11 is 5.36. The van der Waals surface area contributed by atoms with E-state index in [0.29, 0.717) is 10.9 Å². The van der Waals surface area contributed by atoms with Crippen molar-refractivity contribution in [1.29, 1.82) is 0 Å². The molecule has 0 unspecified atom stereocenters. The molecule has 0 aliphatic heterocycles. The maximum atomic E-state index is 12.9. The lowest BCUT2D eigenvalue weighted by atomic mass is 9.87. The largest absolute Gasteiger partial charge is 0.347 e. The summed E-state index contributed by atoms with van der Waals surface area (Å²) in [7, 11) is 0. The average Bonchev–Trinajstić information content (AvgIpc) is 2.68. The lowest BCUT2D eigenvalue weighted by molar-refractivity contribution is -0.124. The van der Waals surface area contributed by atoms with Gasteiger partial charge in [-0.3, -0.25) is 14.2 Å². The maximum Gasteiger partial charge on any atom is 0.262 e. The molecule has 0 spiro atoms. The molecule has 2 aromatic carbocycles. The number of para-hydroxylation sites is 1. The van der Waals surface area contributed by atoms with E-state index in [2.05, 4.69) is 22.4 Å². The number of carbonyl (C=O) groups is 1. The molecule has 6 heteroatoms. The number of hydrogen-bond acceptors (Lipinski definition) is 3. The number of fused-ring (bicyclic) bond motifs is 2. The average molecular weight is 379 g/mol. The molecule has 1 heterocycles. The fourth-order valence-electron chi connectivity index (χ4n) is 3.84. The second kappa shape index (κ2) is 7.12. The molecule has 0 bridgehead atoms. The third kappa shape index (κ3) is 3.21. The smallest absolute Gasteiger partial charge is 0.262 e. The Morgan fingerprint density at radius 1 is 1.22 bits per heavy atom. The molecule has 1 aliphatic carbocycles. The number of hydrogen-bond donors (Lipinski definition) is 2. The molecular weight excluding hydrogens is 358 g/mol. The van der Waals surface area contributed by atoms with Crippen LogP contribution in [0.25, 0.3) is 10.9 Å². The highest BCUT2D eigenvalue weighted by atomic mass is 32.1. The molecule has 0 saturated carbocycles. The number of nitrogens with one attached hydrogen (secondary N) is 2. The quantitative estimate of drug-likeness (QED) is 0.680. The van der Waals surface area contributed by atoms with E-state index >= 15 is 0 Å². The number of amides is 1. The molecule has 1 amide bonds. The first-order chi connectivity index (χ1) is 13.1. The van der Waals surface area contributed by atoms with Crippen molar-refractivity contribution in [3.8, 4) is 0 Å². The van der Waals surface area contributed by atoms with Crippen LogP contribution >= 0.6 is 12.2 Å². The van der Waals surface area contributed by atoms with Gasteiger partial charge in [0.25, 0.3) is 5.56 Å².